The lowest BCUT2D eigenvalue weighted by Crippen LogP contribution is -2.32. The monoisotopic (exact) mass is 327 g/mol. The molecule has 0 radical (unpaired) electrons. The number of carbonyl (C=O) groups is 2. The molecule has 0 spiro atoms. The molecule has 8 nitrogen and oxygen atoms in total. The number of nitrogens with one attached hydrogen (secondary N) is 1. The Morgan fingerprint density at radius 3 is 2.65 bits per heavy atom. The Hall–Kier alpha value is -2.71. The maximum absolute atomic E-state index is 13.0. The summed E-state index contributed by atoms with van der Waals surface area (Å²) in [5, 5.41) is 13.3. The average molecular weight is 327 g/mol. The molecular weight excluding hydrogens is 309 g/mol. The van der Waals surface area contributed by atoms with Gasteiger partial charge in [-0.1, -0.05) is 0 Å². The number of amides is 2. The van der Waals surface area contributed by atoms with Crippen LogP contribution < -0.4 is 11.1 Å². The summed E-state index contributed by atoms with van der Waals surface area (Å²) >= 11 is 0. The van der Waals surface area contributed by atoms with Crippen LogP contribution in [0.2, 0.25) is 0 Å². The quantitative estimate of drug-likeness (QED) is 0.451. The Bertz CT molecular complexity index is 618. The van der Waals surface area contributed by atoms with E-state index < -0.39 is 34.0 Å². The van der Waals surface area contributed by atoms with Crippen LogP contribution in [0.3, 0.4) is 0 Å². The second-order valence-electron chi connectivity index (χ2n) is 5.46. The highest BCUT2D eigenvalue weighted by Gasteiger charge is 2.23. The van der Waals surface area contributed by atoms with Gasteiger partial charge in [0.05, 0.1) is 11.0 Å². The normalized spacial score (nSPS) is 10.9. The minimum absolute atomic E-state index is 0.207. The van der Waals surface area contributed by atoms with E-state index in [-0.39, 0.29) is 12.1 Å². The third-order valence-electron chi connectivity index (χ3n) is 3.02. The average Bonchev–Trinajstić information content (AvgIpc) is 2.41. The summed E-state index contributed by atoms with van der Waals surface area (Å²) in [5.74, 6) is -1.47. The van der Waals surface area contributed by atoms with E-state index in [9.17, 15) is 24.1 Å². The fourth-order valence-electron chi connectivity index (χ4n) is 1.98. The summed E-state index contributed by atoms with van der Waals surface area (Å²) in [5.41, 5.74) is 3.34. The van der Waals surface area contributed by atoms with Crippen molar-refractivity contribution in [1.29, 1.82) is 0 Å². The number of rotatable bonds is 7. The molecule has 0 aliphatic rings. The van der Waals surface area contributed by atoms with E-state index in [0.29, 0.717) is 18.9 Å². The molecule has 0 aromatic heterocycles. The van der Waals surface area contributed by atoms with Crippen LogP contribution in [0.25, 0.3) is 0 Å². The molecule has 1 aromatic rings. The Morgan fingerprint density at radius 2 is 2.09 bits per heavy atom. The number of halogens is 1. The molecule has 0 saturated heterocycles. The van der Waals surface area contributed by atoms with Crippen LogP contribution in [0.1, 0.15) is 37.0 Å². The van der Waals surface area contributed by atoms with Crippen molar-refractivity contribution in [2.75, 3.05) is 6.54 Å². The third-order valence-corrected chi connectivity index (χ3v) is 3.02. The number of nitrogens with two attached hydrogens (primary N) is 1. The molecule has 0 fully saturated rings. The highest BCUT2D eigenvalue weighted by Crippen LogP contribution is 2.20. The molecule has 0 unspecified atom stereocenters. The summed E-state index contributed by atoms with van der Waals surface area (Å²) in [6.07, 6.45) is 0.00362. The highest BCUT2D eigenvalue weighted by atomic mass is 19.1. The molecule has 1 rings (SSSR count). The molecule has 0 atom stereocenters. The van der Waals surface area contributed by atoms with Crippen LogP contribution >= 0.6 is 0 Å². The predicted octanol–water partition coefficient (Wildman–Crippen LogP) is 2.12. The molecule has 0 saturated carbocycles. The first-order chi connectivity index (χ1) is 10.6. The number of nitrogens with zero attached hydrogens (tertiary/aromatic N) is 1. The molecule has 0 aliphatic carbocycles. The molecule has 126 valence electrons. The molecule has 9 heteroatoms. The van der Waals surface area contributed by atoms with Crippen molar-refractivity contribution in [1.82, 2.24) is 5.32 Å². The lowest BCUT2D eigenvalue weighted by Gasteiger charge is -2.23. The van der Waals surface area contributed by atoms with Gasteiger partial charge in [0.2, 0.25) is 0 Å². The van der Waals surface area contributed by atoms with Gasteiger partial charge >= 0.3 is 6.09 Å². The number of ether oxygens (including phenoxy) is 1. The number of carbonyl (C=O) groups excluding carboxylic acids is 2. The Labute approximate surface area is 131 Å². The number of benzene rings is 1. The van der Waals surface area contributed by atoms with Crippen LogP contribution in [-0.4, -0.2) is 29.1 Å². The van der Waals surface area contributed by atoms with Crippen molar-refractivity contribution in [3.63, 3.8) is 0 Å². The molecule has 23 heavy (non-hydrogen) atoms. The van der Waals surface area contributed by atoms with Gasteiger partial charge in [-0.05, 0) is 38.8 Å². The van der Waals surface area contributed by atoms with E-state index in [1.165, 1.54) is 0 Å². The lowest BCUT2D eigenvalue weighted by atomic mass is 10.0. The van der Waals surface area contributed by atoms with Crippen molar-refractivity contribution in [2.24, 2.45) is 5.73 Å². The van der Waals surface area contributed by atoms with E-state index in [1.54, 1.807) is 13.8 Å². The number of nitro groups is 1. The predicted molar refractivity (Wildman–Crippen MR) is 79.4 cm³/mol. The van der Waals surface area contributed by atoms with Gasteiger partial charge in [0.1, 0.15) is 17.0 Å². The summed E-state index contributed by atoms with van der Waals surface area (Å²) in [4.78, 5) is 32.7. The zero-order valence-electron chi connectivity index (χ0n) is 12.8. The van der Waals surface area contributed by atoms with Crippen molar-refractivity contribution < 1.29 is 23.6 Å². The molecule has 1 aromatic carbocycles. The summed E-state index contributed by atoms with van der Waals surface area (Å²) in [6, 6.07) is 2.73. The molecule has 0 aliphatic heterocycles. The van der Waals surface area contributed by atoms with Crippen LogP contribution in [0.4, 0.5) is 14.9 Å². The molecule has 0 heterocycles. The molecular formula is C14H18FN3O5. The molecule has 2 amide bonds. The van der Waals surface area contributed by atoms with Crippen molar-refractivity contribution >= 4 is 17.7 Å². The molecule has 0 bridgehead atoms. The minimum atomic E-state index is -0.888. The number of primary amides is 1. The fourth-order valence-corrected chi connectivity index (χ4v) is 1.98. The topological polar surface area (TPSA) is 125 Å². The van der Waals surface area contributed by atoms with Crippen LogP contribution in [-0.2, 0) is 4.74 Å². The zero-order chi connectivity index (χ0) is 17.6. The highest BCUT2D eigenvalue weighted by molar-refractivity contribution is 5.98. The van der Waals surface area contributed by atoms with Crippen LogP contribution in [0, 0.1) is 15.9 Å². The van der Waals surface area contributed by atoms with Crippen LogP contribution in [0.15, 0.2) is 18.2 Å². The Morgan fingerprint density at radius 1 is 1.43 bits per heavy atom. The summed E-state index contributed by atoms with van der Waals surface area (Å²) in [6.45, 7) is 3.55. The van der Waals surface area contributed by atoms with E-state index in [2.05, 4.69) is 5.32 Å². The Kier molecular flexibility index (Phi) is 6.00. The van der Waals surface area contributed by atoms with Gasteiger partial charge in [-0.25, -0.2) is 9.18 Å². The summed E-state index contributed by atoms with van der Waals surface area (Å²) in [7, 11) is 0. The molecule has 3 N–H and O–H groups in total. The van der Waals surface area contributed by atoms with E-state index in [4.69, 9.17) is 10.5 Å². The SMILES string of the molecule is CC(C)(CCCNC(=O)c1ccc(F)cc1[N+](=O)[O-])OC(N)=O. The van der Waals surface area contributed by atoms with Crippen molar-refractivity contribution in [3.8, 4) is 0 Å². The maximum atomic E-state index is 13.0. The smallest absolute Gasteiger partial charge is 0.405 e. The first-order valence-corrected chi connectivity index (χ1v) is 6.83. The fraction of sp³-hybridized carbons (Fsp3) is 0.429. The van der Waals surface area contributed by atoms with Crippen LogP contribution in [0.5, 0.6) is 0 Å². The van der Waals surface area contributed by atoms with Gasteiger partial charge in [0.15, 0.2) is 0 Å². The standard InChI is InChI=1S/C14H18FN3O5/c1-14(2,23-13(16)20)6-3-7-17-12(19)10-5-4-9(15)8-11(10)18(21)22/h4-5,8H,3,6-7H2,1-2H3,(H2,16,20)(H,17,19). The number of hydrogen-bond donors (Lipinski definition) is 2. The van der Waals surface area contributed by atoms with Gasteiger partial charge in [-0.3, -0.25) is 14.9 Å². The van der Waals surface area contributed by atoms with Gasteiger partial charge < -0.3 is 15.8 Å². The third kappa shape index (κ3) is 5.89. The van der Waals surface area contributed by atoms with Gasteiger partial charge in [-0.2, -0.15) is 0 Å². The van der Waals surface area contributed by atoms with Gasteiger partial charge in [0, 0.05) is 6.54 Å². The van der Waals surface area contributed by atoms with E-state index >= 15 is 0 Å². The maximum Gasteiger partial charge on any atom is 0.405 e. The lowest BCUT2D eigenvalue weighted by molar-refractivity contribution is -0.385. The second-order valence-corrected chi connectivity index (χ2v) is 5.46. The van der Waals surface area contributed by atoms with Gasteiger partial charge in [0.25, 0.3) is 11.6 Å². The van der Waals surface area contributed by atoms with E-state index in [0.717, 1.165) is 12.1 Å². The largest absolute Gasteiger partial charge is 0.444 e. The van der Waals surface area contributed by atoms with E-state index in [1.807, 2.05) is 0 Å². The number of nitro benzene ring substituents is 1. The Balaban J connectivity index is 2.58. The first kappa shape index (κ1) is 18.3. The first-order valence-electron chi connectivity index (χ1n) is 6.83. The number of hydrogen-bond acceptors (Lipinski definition) is 5. The van der Waals surface area contributed by atoms with Gasteiger partial charge in [-0.15, -0.1) is 0 Å². The zero-order valence-corrected chi connectivity index (χ0v) is 12.8. The van der Waals surface area contributed by atoms with Crippen molar-refractivity contribution in [3.05, 3.63) is 39.7 Å². The van der Waals surface area contributed by atoms with Crippen molar-refractivity contribution in [2.45, 2.75) is 32.3 Å². The summed E-state index contributed by atoms with van der Waals surface area (Å²) < 4.78 is 17.9. The minimum Gasteiger partial charge on any atom is -0.444 e. The second kappa shape index (κ2) is 7.52.